The quantitative estimate of drug-likeness (QED) is 0.698. The van der Waals surface area contributed by atoms with Crippen molar-refractivity contribution < 1.29 is 36.6 Å². The van der Waals surface area contributed by atoms with E-state index in [2.05, 4.69) is 5.32 Å². The number of rotatable bonds is 3. The zero-order valence-corrected chi connectivity index (χ0v) is 16.7. The van der Waals surface area contributed by atoms with Gasteiger partial charge in [-0.15, -0.1) is 0 Å². The second kappa shape index (κ2) is 9.37. The molecule has 31 heavy (non-hydrogen) atoms. The second-order valence-corrected chi connectivity index (χ2v) is 7.97. The van der Waals surface area contributed by atoms with Crippen molar-refractivity contribution in [1.29, 1.82) is 0 Å². The molecule has 2 aliphatic rings. The summed E-state index contributed by atoms with van der Waals surface area (Å²) in [5.41, 5.74) is -0.100. The lowest BCUT2D eigenvalue weighted by Gasteiger charge is -2.32. The van der Waals surface area contributed by atoms with Gasteiger partial charge >= 0.3 is 12.2 Å². The van der Waals surface area contributed by atoms with Crippen LogP contribution in [0.15, 0.2) is 18.2 Å². The number of aliphatic hydroxyl groups is 1. The minimum absolute atomic E-state index is 0.0178. The minimum atomic E-state index is -4.69. The molecule has 2 N–H and O–H groups in total. The monoisotopic (exact) mass is 449 g/mol. The Morgan fingerprint density at radius 3 is 2.45 bits per heavy atom. The van der Waals surface area contributed by atoms with E-state index in [0.29, 0.717) is 17.7 Å². The second-order valence-electron chi connectivity index (χ2n) is 7.97. The summed E-state index contributed by atoms with van der Waals surface area (Å²) in [7, 11) is 0. The average Bonchev–Trinajstić information content (AvgIpc) is 2.83. The van der Waals surface area contributed by atoms with E-state index in [1.165, 1.54) is 17.0 Å². The fourth-order valence-electron chi connectivity index (χ4n) is 4.05. The third kappa shape index (κ3) is 5.84. The van der Waals surface area contributed by atoms with Gasteiger partial charge < -0.3 is 20.2 Å². The Morgan fingerprint density at radius 1 is 1.13 bits per heavy atom. The number of benzene rings is 1. The van der Waals surface area contributed by atoms with E-state index in [0.717, 1.165) is 6.07 Å². The van der Waals surface area contributed by atoms with E-state index in [-0.39, 0.29) is 31.5 Å². The SMILES string of the molecule is O=C(N[C@@H]1CC[C@@H](c2cccc(F)c2F)CN(CC(F)(F)F)C1=O)N1CCC(O)CC1. The number of halogens is 5. The van der Waals surface area contributed by atoms with Gasteiger partial charge in [0.15, 0.2) is 11.6 Å². The minimum Gasteiger partial charge on any atom is -0.393 e. The molecule has 1 aromatic carbocycles. The maximum atomic E-state index is 14.3. The van der Waals surface area contributed by atoms with E-state index in [1.54, 1.807) is 0 Å². The topological polar surface area (TPSA) is 72.9 Å². The van der Waals surface area contributed by atoms with Crippen LogP contribution < -0.4 is 5.32 Å². The molecule has 2 aliphatic heterocycles. The van der Waals surface area contributed by atoms with Crippen molar-refractivity contribution in [2.45, 2.75) is 49.9 Å². The molecule has 6 nitrogen and oxygen atoms in total. The van der Waals surface area contributed by atoms with Gasteiger partial charge in [0.1, 0.15) is 12.6 Å². The van der Waals surface area contributed by atoms with Crippen LogP contribution >= 0.6 is 0 Å². The van der Waals surface area contributed by atoms with Crippen molar-refractivity contribution >= 4 is 11.9 Å². The molecule has 172 valence electrons. The third-order valence-electron chi connectivity index (χ3n) is 5.70. The lowest BCUT2D eigenvalue weighted by molar-refractivity contribution is -0.162. The van der Waals surface area contributed by atoms with Gasteiger partial charge in [-0.3, -0.25) is 4.79 Å². The summed E-state index contributed by atoms with van der Waals surface area (Å²) in [4.78, 5) is 27.3. The van der Waals surface area contributed by atoms with Crippen LogP contribution in [0.3, 0.4) is 0 Å². The first-order valence-electron chi connectivity index (χ1n) is 10.1. The van der Waals surface area contributed by atoms with Gasteiger partial charge in [-0.1, -0.05) is 12.1 Å². The number of urea groups is 1. The van der Waals surface area contributed by atoms with Crippen LogP contribution in [0.1, 0.15) is 37.2 Å². The average molecular weight is 449 g/mol. The van der Waals surface area contributed by atoms with Crippen LogP contribution in [0.5, 0.6) is 0 Å². The van der Waals surface area contributed by atoms with Crippen molar-refractivity contribution in [2.24, 2.45) is 0 Å². The summed E-state index contributed by atoms with van der Waals surface area (Å²) in [5, 5.41) is 12.0. The zero-order chi connectivity index (χ0) is 22.8. The summed E-state index contributed by atoms with van der Waals surface area (Å²) in [6.45, 7) is -1.48. The van der Waals surface area contributed by atoms with Gasteiger partial charge in [-0.2, -0.15) is 13.2 Å². The summed E-state index contributed by atoms with van der Waals surface area (Å²) >= 11 is 0. The third-order valence-corrected chi connectivity index (χ3v) is 5.70. The molecule has 0 unspecified atom stereocenters. The lowest BCUT2D eigenvalue weighted by atomic mass is 9.93. The Balaban J connectivity index is 1.79. The number of alkyl halides is 3. The van der Waals surface area contributed by atoms with Crippen LogP contribution in [0.4, 0.5) is 26.7 Å². The Kier molecular flexibility index (Phi) is 7.03. The van der Waals surface area contributed by atoms with E-state index >= 15 is 0 Å². The van der Waals surface area contributed by atoms with Gasteiger partial charge in [-0.05, 0) is 37.3 Å². The molecule has 0 bridgehead atoms. The number of carbonyl (C=O) groups excluding carboxylic acids is 2. The lowest BCUT2D eigenvalue weighted by Crippen LogP contribution is -2.54. The molecule has 2 saturated heterocycles. The van der Waals surface area contributed by atoms with Crippen molar-refractivity contribution in [2.75, 3.05) is 26.2 Å². The Bertz CT molecular complexity index is 812. The Morgan fingerprint density at radius 2 is 1.81 bits per heavy atom. The highest BCUT2D eigenvalue weighted by molar-refractivity contribution is 5.87. The number of likely N-dealkylation sites (tertiary alicyclic amines) is 2. The highest BCUT2D eigenvalue weighted by atomic mass is 19.4. The molecule has 0 aliphatic carbocycles. The largest absolute Gasteiger partial charge is 0.406 e. The van der Waals surface area contributed by atoms with Crippen molar-refractivity contribution in [3.05, 3.63) is 35.4 Å². The number of carbonyl (C=O) groups is 2. The maximum Gasteiger partial charge on any atom is 0.406 e. The molecule has 3 rings (SSSR count). The molecule has 11 heteroatoms. The van der Waals surface area contributed by atoms with Gasteiger partial charge in [0.05, 0.1) is 6.10 Å². The van der Waals surface area contributed by atoms with Crippen molar-refractivity contribution in [1.82, 2.24) is 15.1 Å². The predicted octanol–water partition coefficient (Wildman–Crippen LogP) is 2.77. The molecule has 0 saturated carbocycles. The van der Waals surface area contributed by atoms with Crippen molar-refractivity contribution in [3.8, 4) is 0 Å². The number of aliphatic hydroxyl groups excluding tert-OH is 1. The van der Waals surface area contributed by atoms with Crippen LogP contribution in [0.25, 0.3) is 0 Å². The van der Waals surface area contributed by atoms with Gasteiger partial charge in [0.25, 0.3) is 0 Å². The molecule has 0 aromatic heterocycles. The molecule has 1 aromatic rings. The van der Waals surface area contributed by atoms with Crippen LogP contribution in [-0.4, -0.2) is 71.3 Å². The van der Waals surface area contributed by atoms with E-state index in [1.807, 2.05) is 0 Å². The van der Waals surface area contributed by atoms with Crippen molar-refractivity contribution in [3.63, 3.8) is 0 Å². The molecule has 3 amide bonds. The molecular weight excluding hydrogens is 425 g/mol. The fourth-order valence-corrected chi connectivity index (χ4v) is 4.05. The van der Waals surface area contributed by atoms with Crippen LogP contribution in [0, 0.1) is 11.6 Å². The summed E-state index contributed by atoms with van der Waals surface area (Å²) in [6.07, 6.45) is -4.41. The molecule has 0 radical (unpaired) electrons. The molecular formula is C20H24F5N3O3. The smallest absolute Gasteiger partial charge is 0.393 e. The first kappa shape index (κ1) is 23.2. The highest BCUT2D eigenvalue weighted by Gasteiger charge is 2.40. The predicted molar refractivity (Wildman–Crippen MR) is 100 cm³/mol. The van der Waals surface area contributed by atoms with Gasteiger partial charge in [-0.25, -0.2) is 13.6 Å². The number of amides is 3. The normalized spacial score (nSPS) is 23.6. The number of hydrogen-bond acceptors (Lipinski definition) is 3. The van der Waals surface area contributed by atoms with E-state index in [9.17, 15) is 36.6 Å². The molecule has 2 heterocycles. The number of hydrogen-bond donors (Lipinski definition) is 2. The van der Waals surface area contributed by atoms with Crippen LogP contribution in [0.2, 0.25) is 0 Å². The first-order valence-corrected chi connectivity index (χ1v) is 10.1. The summed E-state index contributed by atoms with van der Waals surface area (Å²) in [6, 6.07) is 1.64. The highest BCUT2D eigenvalue weighted by Crippen LogP contribution is 2.31. The molecule has 2 atom stereocenters. The Hall–Kier alpha value is -2.43. The molecule has 2 fully saturated rings. The zero-order valence-electron chi connectivity index (χ0n) is 16.7. The van der Waals surface area contributed by atoms with Gasteiger partial charge in [0.2, 0.25) is 5.91 Å². The van der Waals surface area contributed by atoms with Gasteiger partial charge in [0, 0.05) is 25.6 Å². The number of nitrogens with one attached hydrogen (secondary N) is 1. The first-order chi connectivity index (χ1) is 14.5. The standard InChI is InChI=1S/C20H24F5N3O3/c21-15-3-1-2-14(17(15)22)12-4-5-16(18(30)28(10-12)11-20(23,24)25)26-19(31)27-8-6-13(29)7-9-27/h1-3,12-13,16,29H,4-11H2,(H,26,31)/t12-,16-/m1/s1. The summed E-state index contributed by atoms with van der Waals surface area (Å²) in [5.74, 6) is -4.04. The molecule has 0 spiro atoms. The Labute approximate surface area is 176 Å². The summed E-state index contributed by atoms with van der Waals surface area (Å²) < 4.78 is 67.2. The number of piperidine rings is 1. The fraction of sp³-hybridized carbons (Fsp3) is 0.600. The van der Waals surface area contributed by atoms with E-state index < -0.39 is 60.9 Å². The van der Waals surface area contributed by atoms with Crippen LogP contribution in [-0.2, 0) is 4.79 Å². The maximum absolute atomic E-state index is 14.3. The van der Waals surface area contributed by atoms with E-state index in [4.69, 9.17) is 0 Å². The number of nitrogens with zero attached hydrogens (tertiary/aromatic N) is 2.